The fourth-order valence-corrected chi connectivity index (χ4v) is 2.95. The average molecular weight is 350 g/mol. The Labute approximate surface area is 142 Å². The van der Waals surface area contributed by atoms with Crippen LogP contribution >= 0.6 is 0 Å². The highest BCUT2D eigenvalue weighted by Crippen LogP contribution is 2.27. The molecule has 2 heterocycles. The molecule has 8 heteroatoms. The second kappa shape index (κ2) is 6.62. The molecular formula is C17H16F2N2O4. The summed E-state index contributed by atoms with van der Waals surface area (Å²) in [6, 6.07) is 2.35. The number of benzene rings is 1. The normalized spacial score (nSPS) is 20.5. The van der Waals surface area contributed by atoms with Crippen LogP contribution in [-0.2, 0) is 4.79 Å². The van der Waals surface area contributed by atoms with Gasteiger partial charge >= 0.3 is 5.97 Å². The minimum atomic E-state index is -1.09. The summed E-state index contributed by atoms with van der Waals surface area (Å²) in [6.45, 7) is 2.19. The van der Waals surface area contributed by atoms with Gasteiger partial charge in [0.25, 0.3) is 5.91 Å². The van der Waals surface area contributed by atoms with Crippen LogP contribution in [0.2, 0.25) is 0 Å². The summed E-state index contributed by atoms with van der Waals surface area (Å²) in [5.41, 5.74) is -0.651. The third-order valence-corrected chi connectivity index (χ3v) is 4.31. The Hall–Kier alpha value is -2.77. The van der Waals surface area contributed by atoms with E-state index in [9.17, 15) is 23.5 Å². The third kappa shape index (κ3) is 3.24. The van der Waals surface area contributed by atoms with Gasteiger partial charge in [0.15, 0.2) is 5.69 Å². The van der Waals surface area contributed by atoms with E-state index in [1.165, 1.54) is 11.0 Å². The maximum Gasteiger partial charge on any atom is 0.326 e. The van der Waals surface area contributed by atoms with Gasteiger partial charge in [-0.05, 0) is 30.9 Å². The van der Waals surface area contributed by atoms with Gasteiger partial charge in [0.2, 0.25) is 5.89 Å². The molecule has 25 heavy (non-hydrogen) atoms. The number of nitrogens with zero attached hydrogens (tertiary/aromatic N) is 2. The Bertz CT molecular complexity index is 800. The van der Waals surface area contributed by atoms with Crippen LogP contribution in [0.25, 0.3) is 11.5 Å². The van der Waals surface area contributed by atoms with Crippen molar-refractivity contribution in [2.24, 2.45) is 5.92 Å². The summed E-state index contributed by atoms with van der Waals surface area (Å²) in [4.78, 5) is 29.1. The van der Waals surface area contributed by atoms with Crippen LogP contribution in [0.5, 0.6) is 0 Å². The SMILES string of the molecule is CC1CCN(C(=O)c2coc(-c3c(F)cccc3F)n2)C(C(=O)O)C1. The van der Waals surface area contributed by atoms with Crippen molar-refractivity contribution in [2.45, 2.75) is 25.8 Å². The van der Waals surface area contributed by atoms with Gasteiger partial charge in [-0.15, -0.1) is 0 Å². The molecule has 1 aromatic carbocycles. The molecule has 3 rings (SSSR count). The molecule has 0 bridgehead atoms. The maximum atomic E-state index is 13.8. The lowest BCUT2D eigenvalue weighted by molar-refractivity contribution is -0.144. The first-order valence-electron chi connectivity index (χ1n) is 7.82. The Morgan fingerprint density at radius 2 is 2.00 bits per heavy atom. The quantitative estimate of drug-likeness (QED) is 0.920. The van der Waals surface area contributed by atoms with Crippen molar-refractivity contribution < 1.29 is 27.9 Å². The van der Waals surface area contributed by atoms with Gasteiger partial charge in [-0.3, -0.25) is 4.79 Å². The number of carboxylic acids is 1. The second-order valence-corrected chi connectivity index (χ2v) is 6.12. The lowest BCUT2D eigenvalue weighted by Crippen LogP contribution is -2.49. The number of piperidine rings is 1. The number of carbonyl (C=O) groups excluding carboxylic acids is 1. The molecule has 0 radical (unpaired) electrons. The number of hydrogen-bond acceptors (Lipinski definition) is 4. The standard InChI is InChI=1S/C17H16F2N2O4/c1-9-5-6-21(13(7-9)17(23)24)16(22)12-8-25-15(20-12)14-10(18)3-2-4-11(14)19/h2-4,8-9,13H,5-7H2,1H3,(H,23,24). The first kappa shape index (κ1) is 17.1. The van der Waals surface area contributed by atoms with Crippen molar-refractivity contribution >= 4 is 11.9 Å². The summed E-state index contributed by atoms with van der Waals surface area (Å²) < 4.78 is 32.7. The summed E-state index contributed by atoms with van der Waals surface area (Å²) >= 11 is 0. The van der Waals surface area contributed by atoms with Crippen LogP contribution in [0.4, 0.5) is 8.78 Å². The Morgan fingerprint density at radius 3 is 2.64 bits per heavy atom. The van der Waals surface area contributed by atoms with Gasteiger partial charge in [0.05, 0.1) is 0 Å². The highest BCUT2D eigenvalue weighted by molar-refractivity contribution is 5.95. The van der Waals surface area contributed by atoms with Crippen LogP contribution in [0, 0.1) is 17.6 Å². The molecule has 1 saturated heterocycles. The Morgan fingerprint density at radius 1 is 1.32 bits per heavy atom. The van der Waals surface area contributed by atoms with E-state index in [4.69, 9.17) is 4.42 Å². The smallest absolute Gasteiger partial charge is 0.326 e. The zero-order chi connectivity index (χ0) is 18.1. The predicted molar refractivity (Wildman–Crippen MR) is 82.7 cm³/mol. The van der Waals surface area contributed by atoms with E-state index in [0.29, 0.717) is 12.8 Å². The number of carboxylic acid groups (broad SMARTS) is 1. The number of aliphatic carboxylic acids is 1. The highest BCUT2D eigenvalue weighted by Gasteiger charge is 2.36. The van der Waals surface area contributed by atoms with E-state index in [1.807, 2.05) is 6.92 Å². The number of hydrogen-bond donors (Lipinski definition) is 1. The van der Waals surface area contributed by atoms with Gasteiger partial charge in [-0.25, -0.2) is 18.6 Å². The van der Waals surface area contributed by atoms with Gasteiger partial charge in [0.1, 0.15) is 29.5 Å². The first-order chi connectivity index (χ1) is 11.9. The van der Waals surface area contributed by atoms with Crippen LogP contribution < -0.4 is 0 Å². The molecular weight excluding hydrogens is 334 g/mol. The molecule has 6 nitrogen and oxygen atoms in total. The van der Waals surface area contributed by atoms with E-state index in [-0.39, 0.29) is 24.0 Å². The molecule has 1 aliphatic rings. The van der Waals surface area contributed by atoms with Crippen molar-refractivity contribution in [2.75, 3.05) is 6.54 Å². The molecule has 1 fully saturated rings. The minimum Gasteiger partial charge on any atom is -0.480 e. The monoisotopic (exact) mass is 350 g/mol. The molecule has 1 aromatic heterocycles. The zero-order valence-corrected chi connectivity index (χ0v) is 13.4. The van der Waals surface area contributed by atoms with Crippen LogP contribution in [0.1, 0.15) is 30.3 Å². The number of carbonyl (C=O) groups is 2. The molecule has 0 spiro atoms. The fourth-order valence-electron chi connectivity index (χ4n) is 2.95. The molecule has 2 aromatic rings. The van der Waals surface area contributed by atoms with Crippen molar-refractivity contribution in [3.05, 3.63) is 41.8 Å². The number of amides is 1. The second-order valence-electron chi connectivity index (χ2n) is 6.12. The van der Waals surface area contributed by atoms with Crippen molar-refractivity contribution in [1.29, 1.82) is 0 Å². The Kier molecular flexibility index (Phi) is 4.52. The van der Waals surface area contributed by atoms with E-state index < -0.39 is 35.1 Å². The topological polar surface area (TPSA) is 83.6 Å². The molecule has 2 atom stereocenters. The van der Waals surface area contributed by atoms with Gasteiger partial charge in [-0.2, -0.15) is 0 Å². The molecule has 2 unspecified atom stereocenters. The van der Waals surface area contributed by atoms with Gasteiger partial charge in [-0.1, -0.05) is 13.0 Å². The Balaban J connectivity index is 1.89. The summed E-state index contributed by atoms with van der Waals surface area (Å²) in [5, 5.41) is 9.34. The van der Waals surface area contributed by atoms with E-state index in [0.717, 1.165) is 18.4 Å². The molecule has 1 aliphatic heterocycles. The number of likely N-dealkylation sites (tertiary alicyclic amines) is 1. The van der Waals surface area contributed by atoms with Gasteiger partial charge < -0.3 is 14.4 Å². The largest absolute Gasteiger partial charge is 0.480 e. The van der Waals surface area contributed by atoms with Crippen LogP contribution in [-0.4, -0.2) is 39.5 Å². The molecule has 0 aliphatic carbocycles. The van der Waals surface area contributed by atoms with Crippen molar-refractivity contribution in [3.8, 4) is 11.5 Å². The van der Waals surface area contributed by atoms with Crippen molar-refractivity contribution in [3.63, 3.8) is 0 Å². The zero-order valence-electron chi connectivity index (χ0n) is 13.4. The summed E-state index contributed by atoms with van der Waals surface area (Å²) in [6.07, 6.45) is 2.00. The van der Waals surface area contributed by atoms with E-state index in [1.54, 1.807) is 0 Å². The lowest BCUT2D eigenvalue weighted by atomic mass is 9.92. The molecule has 1 amide bonds. The van der Waals surface area contributed by atoms with E-state index >= 15 is 0 Å². The third-order valence-electron chi connectivity index (χ3n) is 4.31. The molecule has 132 valence electrons. The van der Waals surface area contributed by atoms with E-state index in [2.05, 4.69) is 4.98 Å². The molecule has 0 saturated carbocycles. The predicted octanol–water partition coefficient (Wildman–Crippen LogP) is 2.95. The van der Waals surface area contributed by atoms with Gasteiger partial charge in [0, 0.05) is 6.54 Å². The minimum absolute atomic E-state index is 0.182. The lowest BCUT2D eigenvalue weighted by Gasteiger charge is -2.35. The number of rotatable bonds is 3. The summed E-state index contributed by atoms with van der Waals surface area (Å²) in [7, 11) is 0. The molecule has 1 N–H and O–H groups in total. The van der Waals surface area contributed by atoms with Crippen LogP contribution in [0.3, 0.4) is 0 Å². The first-order valence-corrected chi connectivity index (χ1v) is 7.82. The van der Waals surface area contributed by atoms with Crippen LogP contribution in [0.15, 0.2) is 28.9 Å². The maximum absolute atomic E-state index is 13.8. The number of aromatic nitrogens is 1. The fraction of sp³-hybridized carbons (Fsp3) is 0.353. The van der Waals surface area contributed by atoms with Crippen molar-refractivity contribution in [1.82, 2.24) is 9.88 Å². The highest BCUT2D eigenvalue weighted by atomic mass is 19.1. The average Bonchev–Trinajstić information content (AvgIpc) is 3.03. The number of oxazole rings is 1. The summed E-state index contributed by atoms with van der Waals surface area (Å²) in [5.74, 6) is -3.64. The number of halogens is 2.